The maximum absolute atomic E-state index is 6.15. The molecule has 1 aliphatic heterocycles. The lowest BCUT2D eigenvalue weighted by Gasteiger charge is -2.26. The lowest BCUT2D eigenvalue weighted by molar-refractivity contribution is -0.174. The van der Waals surface area contributed by atoms with E-state index in [0.29, 0.717) is 19.1 Å². The molecule has 0 aromatic carbocycles. The van der Waals surface area contributed by atoms with Gasteiger partial charge >= 0.3 is 0 Å². The molecular formula is C14H21N3O2. The van der Waals surface area contributed by atoms with Crippen molar-refractivity contribution >= 4 is 5.95 Å². The number of ether oxygens (including phenoxy) is 2. The van der Waals surface area contributed by atoms with Gasteiger partial charge in [-0.2, -0.15) is 0 Å². The lowest BCUT2D eigenvalue weighted by atomic mass is 10.1. The van der Waals surface area contributed by atoms with Crippen molar-refractivity contribution in [2.75, 3.05) is 18.5 Å². The normalized spacial score (nSPS) is 26.2. The van der Waals surface area contributed by atoms with E-state index in [-0.39, 0.29) is 11.9 Å². The summed E-state index contributed by atoms with van der Waals surface area (Å²) in [4.78, 5) is 8.28. The Morgan fingerprint density at radius 3 is 2.63 bits per heavy atom. The van der Waals surface area contributed by atoms with Crippen LogP contribution in [0.25, 0.3) is 0 Å². The SMILES string of the molecule is c1cnc(NC[C@@H]2COC3(CCCCCC3)O2)nc1. The summed E-state index contributed by atoms with van der Waals surface area (Å²) in [5, 5.41) is 3.20. The highest BCUT2D eigenvalue weighted by Crippen LogP contribution is 2.36. The van der Waals surface area contributed by atoms with Crippen molar-refractivity contribution in [2.45, 2.75) is 50.4 Å². The van der Waals surface area contributed by atoms with Crippen molar-refractivity contribution < 1.29 is 9.47 Å². The quantitative estimate of drug-likeness (QED) is 0.907. The van der Waals surface area contributed by atoms with Crippen molar-refractivity contribution in [3.8, 4) is 0 Å². The summed E-state index contributed by atoms with van der Waals surface area (Å²) in [5.41, 5.74) is 0. The van der Waals surface area contributed by atoms with Gasteiger partial charge in [0, 0.05) is 31.8 Å². The first-order valence-electron chi connectivity index (χ1n) is 7.19. The monoisotopic (exact) mass is 263 g/mol. The molecule has 2 heterocycles. The summed E-state index contributed by atoms with van der Waals surface area (Å²) in [5.74, 6) is 0.341. The van der Waals surface area contributed by atoms with E-state index in [4.69, 9.17) is 9.47 Å². The topological polar surface area (TPSA) is 56.3 Å². The standard InChI is InChI=1S/C14H21N3O2/c1-2-4-7-14(6-3-1)18-11-12(19-14)10-17-13-15-8-5-9-16-13/h5,8-9,12H,1-4,6-7,10-11H2,(H,15,16,17)/t12-/m1/s1. The van der Waals surface area contributed by atoms with Gasteiger partial charge in [0.2, 0.25) is 5.95 Å². The molecule has 0 unspecified atom stereocenters. The fraction of sp³-hybridized carbons (Fsp3) is 0.714. The van der Waals surface area contributed by atoms with Gasteiger partial charge in [-0.05, 0) is 18.9 Å². The number of nitrogens with one attached hydrogen (secondary N) is 1. The maximum Gasteiger partial charge on any atom is 0.222 e. The van der Waals surface area contributed by atoms with Gasteiger partial charge in [0.1, 0.15) is 6.10 Å². The van der Waals surface area contributed by atoms with Crippen LogP contribution in [0.15, 0.2) is 18.5 Å². The smallest absolute Gasteiger partial charge is 0.222 e. The minimum Gasteiger partial charge on any atom is -0.352 e. The van der Waals surface area contributed by atoms with E-state index in [1.165, 1.54) is 25.7 Å². The Bertz CT molecular complexity index is 391. The Kier molecular flexibility index (Phi) is 3.94. The molecule has 1 saturated heterocycles. The molecule has 2 aliphatic rings. The average Bonchev–Trinajstić information content (AvgIpc) is 2.70. The summed E-state index contributed by atoms with van der Waals surface area (Å²) in [6, 6.07) is 1.81. The molecule has 0 bridgehead atoms. The van der Waals surface area contributed by atoms with Gasteiger partial charge in [-0.1, -0.05) is 12.8 Å². The summed E-state index contributed by atoms with van der Waals surface area (Å²) in [6.07, 6.45) is 10.6. The third-order valence-corrected chi connectivity index (χ3v) is 3.83. The van der Waals surface area contributed by atoms with Crippen LogP contribution >= 0.6 is 0 Å². The maximum atomic E-state index is 6.15. The fourth-order valence-electron chi connectivity index (χ4n) is 2.84. The highest BCUT2D eigenvalue weighted by Gasteiger charge is 2.41. The molecule has 1 N–H and O–H groups in total. The Balaban J connectivity index is 1.51. The molecule has 0 radical (unpaired) electrons. The number of nitrogens with zero attached hydrogens (tertiary/aromatic N) is 2. The van der Waals surface area contributed by atoms with Crippen LogP contribution in [0.4, 0.5) is 5.95 Å². The second-order valence-corrected chi connectivity index (χ2v) is 5.33. The second-order valence-electron chi connectivity index (χ2n) is 5.33. The zero-order valence-electron chi connectivity index (χ0n) is 11.2. The number of hydrogen-bond donors (Lipinski definition) is 1. The van der Waals surface area contributed by atoms with Crippen LogP contribution in [0.5, 0.6) is 0 Å². The molecule has 5 nitrogen and oxygen atoms in total. The fourth-order valence-corrected chi connectivity index (χ4v) is 2.84. The largest absolute Gasteiger partial charge is 0.352 e. The van der Waals surface area contributed by atoms with Gasteiger partial charge in [-0.25, -0.2) is 9.97 Å². The molecule has 104 valence electrons. The highest BCUT2D eigenvalue weighted by atomic mass is 16.7. The predicted molar refractivity (Wildman–Crippen MR) is 71.8 cm³/mol. The summed E-state index contributed by atoms with van der Waals surface area (Å²) < 4.78 is 12.1. The molecule has 1 saturated carbocycles. The van der Waals surface area contributed by atoms with E-state index in [2.05, 4.69) is 15.3 Å². The molecule has 1 aromatic rings. The highest BCUT2D eigenvalue weighted by molar-refractivity contribution is 5.22. The Morgan fingerprint density at radius 2 is 1.89 bits per heavy atom. The van der Waals surface area contributed by atoms with Gasteiger partial charge in [0.15, 0.2) is 5.79 Å². The van der Waals surface area contributed by atoms with Crippen molar-refractivity contribution in [3.63, 3.8) is 0 Å². The molecule has 1 spiro atoms. The van der Waals surface area contributed by atoms with Gasteiger partial charge in [0.05, 0.1) is 6.61 Å². The number of anilines is 1. The molecule has 1 aliphatic carbocycles. The van der Waals surface area contributed by atoms with Crippen LogP contribution in [0, 0.1) is 0 Å². The van der Waals surface area contributed by atoms with Crippen molar-refractivity contribution in [2.24, 2.45) is 0 Å². The average molecular weight is 263 g/mol. The Labute approximate surface area is 113 Å². The molecule has 2 fully saturated rings. The van der Waals surface area contributed by atoms with Crippen molar-refractivity contribution in [3.05, 3.63) is 18.5 Å². The molecule has 19 heavy (non-hydrogen) atoms. The minimum absolute atomic E-state index is 0.0990. The summed E-state index contributed by atoms with van der Waals surface area (Å²) in [7, 11) is 0. The van der Waals surface area contributed by atoms with Gasteiger partial charge in [0.25, 0.3) is 0 Å². The third kappa shape index (κ3) is 3.22. The predicted octanol–water partition coefficient (Wildman–Crippen LogP) is 2.35. The van der Waals surface area contributed by atoms with Crippen LogP contribution in [0.3, 0.4) is 0 Å². The zero-order chi connectivity index (χ0) is 13.0. The number of hydrogen-bond acceptors (Lipinski definition) is 5. The van der Waals surface area contributed by atoms with Crippen LogP contribution in [0.2, 0.25) is 0 Å². The summed E-state index contributed by atoms with van der Waals surface area (Å²) in [6.45, 7) is 1.37. The van der Waals surface area contributed by atoms with E-state index in [1.54, 1.807) is 18.5 Å². The molecular weight excluding hydrogens is 242 g/mol. The number of rotatable bonds is 3. The van der Waals surface area contributed by atoms with Gasteiger partial charge in [-0.3, -0.25) is 0 Å². The van der Waals surface area contributed by atoms with E-state index in [1.807, 2.05) is 0 Å². The van der Waals surface area contributed by atoms with Crippen LogP contribution in [-0.4, -0.2) is 35.0 Å². The van der Waals surface area contributed by atoms with Gasteiger partial charge < -0.3 is 14.8 Å². The van der Waals surface area contributed by atoms with E-state index < -0.39 is 0 Å². The Morgan fingerprint density at radius 1 is 1.16 bits per heavy atom. The van der Waals surface area contributed by atoms with Gasteiger partial charge in [-0.15, -0.1) is 0 Å². The van der Waals surface area contributed by atoms with Crippen LogP contribution < -0.4 is 5.32 Å². The second kappa shape index (κ2) is 5.84. The molecule has 0 amide bonds. The van der Waals surface area contributed by atoms with E-state index >= 15 is 0 Å². The number of aromatic nitrogens is 2. The van der Waals surface area contributed by atoms with Crippen LogP contribution in [0.1, 0.15) is 38.5 Å². The first-order chi connectivity index (χ1) is 9.36. The summed E-state index contributed by atoms with van der Waals surface area (Å²) >= 11 is 0. The molecule has 1 aromatic heterocycles. The van der Waals surface area contributed by atoms with E-state index in [9.17, 15) is 0 Å². The molecule has 1 atom stereocenters. The minimum atomic E-state index is -0.305. The first-order valence-corrected chi connectivity index (χ1v) is 7.19. The van der Waals surface area contributed by atoms with Crippen molar-refractivity contribution in [1.29, 1.82) is 0 Å². The zero-order valence-corrected chi connectivity index (χ0v) is 11.2. The lowest BCUT2D eigenvalue weighted by Crippen LogP contribution is -2.31. The molecule has 5 heteroatoms. The van der Waals surface area contributed by atoms with E-state index in [0.717, 1.165) is 12.8 Å². The first kappa shape index (κ1) is 12.8. The van der Waals surface area contributed by atoms with Crippen molar-refractivity contribution in [1.82, 2.24) is 9.97 Å². The third-order valence-electron chi connectivity index (χ3n) is 3.83. The molecule has 3 rings (SSSR count). The van der Waals surface area contributed by atoms with Crippen LogP contribution in [-0.2, 0) is 9.47 Å². The Hall–Kier alpha value is -1.20.